The topological polar surface area (TPSA) is 13.0 Å². The summed E-state index contributed by atoms with van der Waals surface area (Å²) in [5, 5.41) is 0. The van der Waals surface area contributed by atoms with Crippen molar-refractivity contribution in [3.05, 3.63) is 34.4 Å². The van der Waals surface area contributed by atoms with Crippen molar-refractivity contribution in [3.63, 3.8) is 0 Å². The summed E-state index contributed by atoms with van der Waals surface area (Å²) >= 11 is 38.8. The molecule has 0 aliphatic rings. The molecule has 16 heteroatoms. The van der Waals surface area contributed by atoms with Gasteiger partial charge in [0.25, 0.3) is 0 Å². The molecule has 0 heterocycles. The minimum absolute atomic E-state index is 0.659. The lowest BCUT2D eigenvalue weighted by atomic mass is 9.89. The fraction of sp³-hybridized carbons (Fsp3) is 0.667. The summed E-state index contributed by atoms with van der Waals surface area (Å²) in [6, 6.07) is 4.54. The Bertz CT molecular complexity index is 983. The number of thiocarbonyl (C=S) groups is 4. The summed E-state index contributed by atoms with van der Waals surface area (Å²) in [6.07, 6.45) is 2.68. The molecule has 1 aromatic rings. The fourth-order valence-electron chi connectivity index (χ4n) is 4.11. The second-order valence-electron chi connectivity index (χ2n) is 8.99. The largest absolute Gasteiger partial charge is 0.252 e. The van der Waals surface area contributed by atoms with E-state index < -0.39 is 0 Å². The molecule has 4 nitrogen and oxygen atoms in total. The van der Waals surface area contributed by atoms with Crippen molar-refractivity contribution in [2.24, 2.45) is 0 Å². The average molecular weight is 852 g/mol. The van der Waals surface area contributed by atoms with Crippen LogP contribution >= 0.6 is 144 Å². The van der Waals surface area contributed by atoms with E-state index in [1.165, 1.54) is 22.3 Å². The van der Waals surface area contributed by atoms with Crippen LogP contribution < -0.4 is 0 Å². The first-order valence-electron chi connectivity index (χ1n) is 15.6. The lowest BCUT2D eigenvalue weighted by molar-refractivity contribution is 1.00. The molecule has 0 saturated carbocycles. The molecule has 0 spiro atoms. The number of hydrogen-bond donors (Lipinski definition) is 0. The maximum Gasteiger partial charge on any atom is 0.104 e. The van der Waals surface area contributed by atoms with Crippen molar-refractivity contribution < 1.29 is 0 Å². The Morgan fingerprint density at radius 1 is 0.391 bits per heavy atom. The van der Waals surface area contributed by atoms with Gasteiger partial charge >= 0.3 is 0 Å². The van der Waals surface area contributed by atoms with Gasteiger partial charge in [-0.1, -0.05) is 116 Å². The standard InChI is InChI=1S/C30H50N4S12/c1-9-39-31(40-10-2)27(35)19-23-17-18-24(20-28(36)32(41-11-3)42-12-4)26(22-30(38)34(45-15-7)46-16-8)25(23)21-29(37)33(43-13-5)44-14-6/h17-18H,9-16,19-22H2,1-8H3. The van der Waals surface area contributed by atoms with Gasteiger partial charge in [-0.3, -0.25) is 14.8 Å². The van der Waals surface area contributed by atoms with Crippen LogP contribution in [-0.4, -0.2) is 80.8 Å². The van der Waals surface area contributed by atoms with Crippen LogP contribution in [0.1, 0.15) is 77.6 Å². The van der Waals surface area contributed by atoms with E-state index in [2.05, 4.69) is 82.4 Å². The van der Waals surface area contributed by atoms with Gasteiger partial charge in [0.05, 0.1) is 0 Å². The van der Waals surface area contributed by atoms with E-state index in [1.54, 1.807) is 95.6 Å². The van der Waals surface area contributed by atoms with E-state index in [-0.39, 0.29) is 0 Å². The van der Waals surface area contributed by atoms with Crippen molar-refractivity contribution in [2.75, 3.05) is 46.0 Å². The van der Waals surface area contributed by atoms with Crippen molar-refractivity contribution in [1.82, 2.24) is 14.8 Å². The highest BCUT2D eigenvalue weighted by Crippen LogP contribution is 2.33. The van der Waals surface area contributed by atoms with E-state index in [0.717, 1.165) is 66.0 Å². The molecule has 0 aliphatic carbocycles. The third kappa shape index (κ3) is 16.3. The third-order valence-corrected chi connectivity index (χ3v) is 16.2. The van der Waals surface area contributed by atoms with Crippen molar-refractivity contribution >= 4 is 164 Å². The van der Waals surface area contributed by atoms with Crippen LogP contribution in [0.4, 0.5) is 0 Å². The minimum atomic E-state index is 0.659. The predicted octanol–water partition coefficient (Wildman–Crippen LogP) is 11.7. The van der Waals surface area contributed by atoms with E-state index in [9.17, 15) is 0 Å². The highest BCUT2D eigenvalue weighted by molar-refractivity contribution is 8.15. The summed E-state index contributed by atoms with van der Waals surface area (Å²) in [6.45, 7) is 17.4. The van der Waals surface area contributed by atoms with Crippen LogP contribution in [-0.2, 0) is 25.7 Å². The van der Waals surface area contributed by atoms with Crippen molar-refractivity contribution in [1.29, 1.82) is 0 Å². The molecule has 46 heavy (non-hydrogen) atoms. The molecule has 0 unspecified atom stereocenters. The van der Waals surface area contributed by atoms with Crippen molar-refractivity contribution in [3.8, 4) is 0 Å². The maximum atomic E-state index is 6.19. The molecule has 0 amide bonds. The van der Waals surface area contributed by atoms with Gasteiger partial charge in [0, 0.05) is 71.7 Å². The first-order valence-corrected chi connectivity index (χ1v) is 24.8. The van der Waals surface area contributed by atoms with Gasteiger partial charge in [0.1, 0.15) is 20.0 Å². The molecule has 0 atom stereocenters. The molecule has 0 radical (unpaired) electrons. The van der Waals surface area contributed by atoms with E-state index in [4.69, 9.17) is 48.9 Å². The van der Waals surface area contributed by atoms with Crippen LogP contribution in [0, 0.1) is 0 Å². The molecule has 1 rings (SSSR count). The van der Waals surface area contributed by atoms with Crippen LogP contribution in [0.5, 0.6) is 0 Å². The highest BCUT2D eigenvalue weighted by atomic mass is 32.2. The number of nitrogens with zero attached hydrogens (tertiary/aromatic N) is 4. The Labute approximate surface area is 337 Å². The van der Waals surface area contributed by atoms with Gasteiger partial charge < -0.3 is 0 Å². The number of benzene rings is 1. The second-order valence-corrected chi connectivity index (χ2v) is 21.4. The van der Waals surface area contributed by atoms with Gasteiger partial charge in [-0.15, -0.1) is 0 Å². The van der Waals surface area contributed by atoms with Crippen LogP contribution in [0.15, 0.2) is 12.1 Å². The summed E-state index contributed by atoms with van der Waals surface area (Å²) in [5.41, 5.74) is 4.94. The molecule has 0 saturated heterocycles. The number of hydrogen-bond acceptors (Lipinski definition) is 12. The average Bonchev–Trinajstić information content (AvgIpc) is 3.02. The van der Waals surface area contributed by atoms with Crippen LogP contribution in [0.3, 0.4) is 0 Å². The fourth-order valence-corrected chi connectivity index (χ4v) is 13.2. The molecule has 1 aromatic carbocycles. The van der Waals surface area contributed by atoms with Gasteiger partial charge in [0.2, 0.25) is 0 Å². The van der Waals surface area contributed by atoms with Gasteiger partial charge in [0.15, 0.2) is 0 Å². The summed E-state index contributed by atoms with van der Waals surface area (Å²) < 4.78 is 8.89. The SMILES string of the molecule is CCSN(SCC)C(=S)Cc1ccc(CC(=S)N(SCC)SCC)c(CC(=S)N(SCC)SCC)c1CC(=S)N(SCC)SCC. The summed E-state index contributed by atoms with van der Waals surface area (Å²) in [7, 11) is 0. The third-order valence-electron chi connectivity index (χ3n) is 5.75. The Kier molecular flexibility index (Phi) is 27.0. The second kappa shape index (κ2) is 27.3. The molecule has 262 valence electrons. The Hall–Kier alpha value is 1.58. The van der Waals surface area contributed by atoms with Crippen LogP contribution in [0.25, 0.3) is 0 Å². The van der Waals surface area contributed by atoms with E-state index in [0.29, 0.717) is 25.7 Å². The molecule has 0 bridgehead atoms. The van der Waals surface area contributed by atoms with Crippen LogP contribution in [0.2, 0.25) is 0 Å². The molecular formula is C30H50N4S12. The Balaban J connectivity index is 3.88. The lowest BCUT2D eigenvalue weighted by Gasteiger charge is -2.28. The van der Waals surface area contributed by atoms with Crippen molar-refractivity contribution in [2.45, 2.75) is 81.1 Å². The quantitative estimate of drug-likeness (QED) is 0.0723. The molecule has 0 aliphatic heterocycles. The molecule has 0 aromatic heterocycles. The molecular weight excluding hydrogens is 801 g/mol. The first kappa shape index (κ1) is 45.6. The van der Waals surface area contributed by atoms with Gasteiger partial charge in [-0.25, -0.2) is 0 Å². The minimum Gasteiger partial charge on any atom is -0.252 e. The first-order chi connectivity index (χ1) is 22.1. The Morgan fingerprint density at radius 3 is 0.783 bits per heavy atom. The number of rotatable bonds is 24. The Morgan fingerprint density at radius 2 is 0.587 bits per heavy atom. The summed E-state index contributed by atoms with van der Waals surface area (Å²) in [5.74, 6) is 7.74. The zero-order chi connectivity index (χ0) is 34.5. The lowest BCUT2D eigenvalue weighted by Crippen LogP contribution is -2.26. The maximum absolute atomic E-state index is 6.19. The van der Waals surface area contributed by atoms with Gasteiger partial charge in [-0.2, -0.15) is 0 Å². The normalized spacial score (nSPS) is 11.0. The zero-order valence-electron chi connectivity index (χ0n) is 28.3. The monoisotopic (exact) mass is 850 g/mol. The van der Waals surface area contributed by atoms with E-state index >= 15 is 0 Å². The van der Waals surface area contributed by atoms with E-state index in [1.807, 2.05) is 0 Å². The van der Waals surface area contributed by atoms with Gasteiger partial charge in [-0.05, 0) is 118 Å². The molecule has 0 N–H and O–H groups in total. The molecule has 0 fully saturated rings. The zero-order valence-corrected chi connectivity index (χ0v) is 38.1. The summed E-state index contributed by atoms with van der Waals surface area (Å²) in [4.78, 5) is 3.71. The highest BCUT2D eigenvalue weighted by Gasteiger charge is 2.24. The predicted molar refractivity (Wildman–Crippen MR) is 244 cm³/mol. The smallest absolute Gasteiger partial charge is 0.104 e.